The van der Waals surface area contributed by atoms with Gasteiger partial charge >= 0.3 is 0 Å². The van der Waals surface area contributed by atoms with Gasteiger partial charge < -0.3 is 5.32 Å². The quantitative estimate of drug-likeness (QED) is 0.457. The van der Waals surface area contributed by atoms with E-state index in [-0.39, 0.29) is 14.9 Å². The number of halogens is 2. The molecule has 0 saturated carbocycles. The van der Waals surface area contributed by atoms with Crippen LogP contribution in [0.1, 0.15) is 25.3 Å². The molecule has 0 aliphatic carbocycles. The van der Waals surface area contributed by atoms with Crippen LogP contribution in [0, 0.1) is 0 Å². The SMILES string of the molecule is CC(C)c1ccc(N(CC(=O)Nc2cccc(Cl)c2Cl)S(=O)(=O)c2ccccc2)cc1. The second-order valence-corrected chi connectivity index (χ2v) is 9.87. The molecule has 0 spiro atoms. The lowest BCUT2D eigenvalue weighted by Crippen LogP contribution is -2.38. The molecule has 0 saturated heterocycles. The number of nitrogens with zero attached hydrogens (tertiary/aromatic N) is 1. The van der Waals surface area contributed by atoms with Crippen LogP contribution in [0.15, 0.2) is 77.7 Å². The normalized spacial score (nSPS) is 11.4. The molecule has 3 aromatic carbocycles. The van der Waals surface area contributed by atoms with Crippen molar-refractivity contribution in [3.63, 3.8) is 0 Å². The lowest BCUT2D eigenvalue weighted by atomic mass is 10.0. The van der Waals surface area contributed by atoms with Gasteiger partial charge in [0.1, 0.15) is 6.54 Å². The molecule has 0 heterocycles. The first-order valence-electron chi connectivity index (χ1n) is 9.61. The number of anilines is 2. The molecular formula is C23H22Cl2N2O3S. The Bertz CT molecular complexity index is 1170. The van der Waals surface area contributed by atoms with Crippen molar-refractivity contribution in [3.8, 4) is 0 Å². The Labute approximate surface area is 192 Å². The summed E-state index contributed by atoms with van der Waals surface area (Å²) in [7, 11) is -3.98. The number of carbonyl (C=O) groups is 1. The number of hydrogen-bond donors (Lipinski definition) is 1. The zero-order chi connectivity index (χ0) is 22.6. The van der Waals surface area contributed by atoms with E-state index in [4.69, 9.17) is 23.2 Å². The van der Waals surface area contributed by atoms with Crippen LogP contribution in [0.4, 0.5) is 11.4 Å². The molecule has 0 radical (unpaired) electrons. The molecule has 0 aliphatic rings. The summed E-state index contributed by atoms with van der Waals surface area (Å²) in [6.07, 6.45) is 0. The summed E-state index contributed by atoms with van der Waals surface area (Å²) in [6.45, 7) is 3.67. The number of carbonyl (C=O) groups excluding carboxylic acids is 1. The standard InChI is InChI=1S/C23H22Cl2N2O3S/c1-16(2)17-11-13-18(14-12-17)27(31(29,30)19-7-4-3-5-8-19)15-22(28)26-21-10-6-9-20(24)23(21)25/h3-14,16H,15H2,1-2H3,(H,26,28). The van der Waals surface area contributed by atoms with E-state index in [0.29, 0.717) is 17.3 Å². The number of hydrogen-bond acceptors (Lipinski definition) is 3. The Morgan fingerprint density at radius 2 is 1.58 bits per heavy atom. The number of benzene rings is 3. The van der Waals surface area contributed by atoms with Gasteiger partial charge in [-0.3, -0.25) is 9.10 Å². The topological polar surface area (TPSA) is 66.5 Å². The van der Waals surface area contributed by atoms with Gasteiger partial charge in [0.2, 0.25) is 5.91 Å². The monoisotopic (exact) mass is 476 g/mol. The molecule has 0 aliphatic heterocycles. The fraction of sp³-hybridized carbons (Fsp3) is 0.174. The highest BCUT2D eigenvalue weighted by Crippen LogP contribution is 2.30. The van der Waals surface area contributed by atoms with Crippen molar-refractivity contribution in [2.75, 3.05) is 16.2 Å². The average molecular weight is 477 g/mol. The molecule has 3 rings (SSSR count). The summed E-state index contributed by atoms with van der Waals surface area (Å²) in [4.78, 5) is 12.9. The predicted molar refractivity (Wildman–Crippen MR) is 127 cm³/mol. The Balaban J connectivity index is 1.95. The van der Waals surface area contributed by atoms with Crippen LogP contribution >= 0.6 is 23.2 Å². The van der Waals surface area contributed by atoms with Crippen molar-refractivity contribution in [2.45, 2.75) is 24.7 Å². The maximum atomic E-state index is 13.4. The zero-order valence-electron chi connectivity index (χ0n) is 17.0. The maximum Gasteiger partial charge on any atom is 0.264 e. The van der Waals surface area contributed by atoms with Gasteiger partial charge in [0.25, 0.3) is 10.0 Å². The van der Waals surface area contributed by atoms with Gasteiger partial charge in [0, 0.05) is 0 Å². The van der Waals surface area contributed by atoms with Gasteiger partial charge in [0.15, 0.2) is 0 Å². The summed E-state index contributed by atoms with van der Waals surface area (Å²) < 4.78 is 27.8. The molecule has 8 heteroatoms. The molecule has 0 fully saturated rings. The third-order valence-corrected chi connectivity index (χ3v) is 7.30. The fourth-order valence-corrected chi connectivity index (χ4v) is 4.77. The van der Waals surface area contributed by atoms with E-state index in [1.807, 2.05) is 12.1 Å². The van der Waals surface area contributed by atoms with Crippen LogP contribution < -0.4 is 9.62 Å². The van der Waals surface area contributed by atoms with E-state index in [0.717, 1.165) is 9.87 Å². The van der Waals surface area contributed by atoms with Gasteiger partial charge in [0.05, 0.1) is 26.3 Å². The van der Waals surface area contributed by atoms with Crippen molar-refractivity contribution in [2.24, 2.45) is 0 Å². The van der Waals surface area contributed by atoms with E-state index >= 15 is 0 Å². The molecular weight excluding hydrogens is 455 g/mol. The summed E-state index contributed by atoms with van der Waals surface area (Å²) in [5.74, 6) is -0.252. The van der Waals surface area contributed by atoms with Crippen LogP contribution in [-0.2, 0) is 14.8 Å². The summed E-state index contributed by atoms with van der Waals surface area (Å²) >= 11 is 12.1. The van der Waals surface area contributed by atoms with Crippen molar-refractivity contribution >= 4 is 50.5 Å². The van der Waals surface area contributed by atoms with Crippen LogP contribution in [0.3, 0.4) is 0 Å². The van der Waals surface area contributed by atoms with Gasteiger partial charge in [-0.05, 0) is 47.9 Å². The minimum atomic E-state index is -3.98. The lowest BCUT2D eigenvalue weighted by Gasteiger charge is -2.24. The second-order valence-electron chi connectivity index (χ2n) is 7.22. The minimum absolute atomic E-state index is 0.0940. The summed E-state index contributed by atoms with van der Waals surface area (Å²) in [5, 5.41) is 3.12. The van der Waals surface area contributed by atoms with Crippen molar-refractivity contribution in [1.82, 2.24) is 0 Å². The molecule has 0 bridgehead atoms. The largest absolute Gasteiger partial charge is 0.323 e. The Morgan fingerprint density at radius 1 is 0.935 bits per heavy atom. The molecule has 0 aromatic heterocycles. The number of rotatable bonds is 7. The van der Waals surface area contributed by atoms with Crippen LogP contribution in [0.5, 0.6) is 0 Å². The first-order valence-corrected chi connectivity index (χ1v) is 11.8. The van der Waals surface area contributed by atoms with Crippen molar-refractivity contribution in [1.29, 1.82) is 0 Å². The molecule has 162 valence electrons. The molecule has 1 N–H and O–H groups in total. The van der Waals surface area contributed by atoms with E-state index in [1.165, 1.54) is 12.1 Å². The van der Waals surface area contributed by atoms with Gasteiger partial charge in [-0.25, -0.2) is 8.42 Å². The van der Waals surface area contributed by atoms with E-state index in [9.17, 15) is 13.2 Å². The van der Waals surface area contributed by atoms with Gasteiger partial charge in [-0.15, -0.1) is 0 Å². The van der Waals surface area contributed by atoms with E-state index in [2.05, 4.69) is 19.2 Å². The number of amides is 1. The molecule has 0 unspecified atom stereocenters. The lowest BCUT2D eigenvalue weighted by molar-refractivity contribution is -0.114. The Morgan fingerprint density at radius 3 is 2.19 bits per heavy atom. The van der Waals surface area contributed by atoms with Crippen molar-refractivity contribution in [3.05, 3.63) is 88.4 Å². The molecule has 5 nitrogen and oxygen atoms in total. The molecule has 1 amide bonds. The van der Waals surface area contributed by atoms with Crippen LogP contribution in [-0.4, -0.2) is 20.9 Å². The summed E-state index contributed by atoms with van der Waals surface area (Å²) in [5.41, 5.74) is 1.77. The van der Waals surface area contributed by atoms with Crippen LogP contribution in [0.2, 0.25) is 10.0 Å². The highest BCUT2D eigenvalue weighted by molar-refractivity contribution is 7.92. The third kappa shape index (κ3) is 5.39. The Kier molecular flexibility index (Phi) is 7.26. The number of sulfonamides is 1. The molecule has 3 aromatic rings. The minimum Gasteiger partial charge on any atom is -0.323 e. The molecule has 31 heavy (non-hydrogen) atoms. The van der Waals surface area contributed by atoms with Gasteiger partial charge in [-0.2, -0.15) is 0 Å². The van der Waals surface area contributed by atoms with Crippen LogP contribution in [0.25, 0.3) is 0 Å². The maximum absolute atomic E-state index is 13.4. The van der Waals surface area contributed by atoms with E-state index < -0.39 is 22.5 Å². The first kappa shape index (κ1) is 23.1. The highest BCUT2D eigenvalue weighted by Gasteiger charge is 2.27. The van der Waals surface area contributed by atoms with Gasteiger partial charge in [-0.1, -0.05) is 73.4 Å². The first-order chi connectivity index (χ1) is 14.7. The smallest absolute Gasteiger partial charge is 0.264 e. The number of nitrogens with one attached hydrogen (secondary N) is 1. The fourth-order valence-electron chi connectivity index (χ4n) is 2.98. The zero-order valence-corrected chi connectivity index (χ0v) is 19.4. The average Bonchev–Trinajstić information content (AvgIpc) is 2.76. The third-order valence-electron chi connectivity index (χ3n) is 4.69. The summed E-state index contributed by atoms with van der Waals surface area (Å²) in [6, 6.07) is 20.0. The Hall–Kier alpha value is -2.54. The highest BCUT2D eigenvalue weighted by atomic mass is 35.5. The molecule has 0 atom stereocenters. The van der Waals surface area contributed by atoms with E-state index in [1.54, 1.807) is 48.5 Å². The predicted octanol–water partition coefficient (Wildman–Crippen LogP) is 5.95. The second kappa shape index (κ2) is 9.73. The van der Waals surface area contributed by atoms with Crippen molar-refractivity contribution < 1.29 is 13.2 Å².